The SMILES string of the molecule is C=C(C)C(=O)Cc1ccc(OC(=O)NCCOCC(COCCNC(=O)Cc2ccc(NC(=O)C(=C)C)cc2)(COCCNC(=O)Oc2ccc(NC(=O)C(=C)C)cc2)COCCNC(=O)Oc2ccc(NC(=O)C(=C)C)cc2)cc1.C=C(C)C(=O)Nc1ccc(OC(=O)ON2C(=O)CCC2=O)cc1.NCCOCC(COCCN)(COCCN)COCCN. The van der Waals surface area contributed by atoms with E-state index >= 15 is 0 Å². The molecular weight excluding hydrogens is 1630 g/mol. The fourth-order valence-corrected chi connectivity index (χ4v) is 10.1. The molecule has 10 amide bonds. The van der Waals surface area contributed by atoms with Crippen molar-refractivity contribution in [2.45, 2.75) is 60.3 Å². The summed E-state index contributed by atoms with van der Waals surface area (Å²) >= 11 is 0. The van der Waals surface area contributed by atoms with E-state index in [1.54, 1.807) is 107 Å². The van der Waals surface area contributed by atoms with Crippen LogP contribution in [0.3, 0.4) is 0 Å². The number of anilines is 4. The summed E-state index contributed by atoms with van der Waals surface area (Å²) in [5.74, 6) is -2.09. The Morgan fingerprint density at radius 2 is 0.584 bits per heavy atom. The number of imide groups is 1. The number of ether oxygens (including phenoxy) is 12. The highest BCUT2D eigenvalue weighted by atomic mass is 16.8. The first kappa shape index (κ1) is 105. The molecule has 0 unspecified atom stereocenters. The lowest BCUT2D eigenvalue weighted by molar-refractivity contribution is -0.174. The molecule has 0 saturated carbocycles. The average Bonchev–Trinajstić information content (AvgIpc) is 1.76. The fourth-order valence-electron chi connectivity index (χ4n) is 10.1. The minimum atomic E-state index is -1.20. The largest absolute Gasteiger partial charge is 0.539 e. The number of hydrogen-bond acceptors (Lipinski definition) is 29. The first-order valence-corrected chi connectivity index (χ1v) is 39.7. The Kier molecular flexibility index (Phi) is 49.2. The van der Waals surface area contributed by atoms with Crippen molar-refractivity contribution in [3.63, 3.8) is 0 Å². The molecule has 0 atom stereocenters. The smallest absolute Gasteiger partial charge is 0.410 e. The molecule has 16 N–H and O–H groups in total. The summed E-state index contributed by atoms with van der Waals surface area (Å²) in [6.07, 6.45) is -3.25. The summed E-state index contributed by atoms with van der Waals surface area (Å²) in [6, 6.07) is 31.5. The third-order valence-electron chi connectivity index (χ3n) is 16.7. The molecule has 5 aromatic rings. The van der Waals surface area contributed by atoms with Crippen LogP contribution in [0.15, 0.2) is 182 Å². The maximum atomic E-state index is 12.9. The number of rotatable bonds is 54. The lowest BCUT2D eigenvalue weighted by atomic mass is 9.92. The molecule has 38 nitrogen and oxygen atoms in total. The molecule has 0 spiro atoms. The molecule has 1 aliphatic heterocycles. The van der Waals surface area contributed by atoms with Crippen molar-refractivity contribution in [2.75, 3.05) is 179 Å². The lowest BCUT2D eigenvalue weighted by Gasteiger charge is -2.33. The van der Waals surface area contributed by atoms with Gasteiger partial charge in [0.05, 0.1) is 123 Å². The highest BCUT2D eigenvalue weighted by molar-refractivity contribution is 6.05. The van der Waals surface area contributed by atoms with E-state index in [1.807, 2.05) is 0 Å². The number of hydrogen-bond donors (Lipinski definition) is 12. The molecule has 6 rings (SSSR count). The van der Waals surface area contributed by atoms with Crippen LogP contribution in [0, 0.1) is 10.8 Å². The van der Waals surface area contributed by atoms with Gasteiger partial charge in [-0.25, -0.2) is 19.2 Å². The Hall–Kier alpha value is -12.4. The van der Waals surface area contributed by atoms with Gasteiger partial charge in [0, 0.05) is 117 Å². The van der Waals surface area contributed by atoms with Gasteiger partial charge in [-0.05, 0) is 148 Å². The van der Waals surface area contributed by atoms with Crippen molar-refractivity contribution in [2.24, 2.45) is 33.8 Å². The summed E-state index contributed by atoms with van der Waals surface area (Å²) < 4.78 is 67.7. The average molecular weight is 1740 g/mol. The predicted molar refractivity (Wildman–Crippen MR) is 464 cm³/mol. The number of amides is 10. The topological polar surface area (TPSA) is 528 Å². The van der Waals surface area contributed by atoms with Gasteiger partial charge in [-0.3, -0.25) is 43.2 Å². The Morgan fingerprint density at radius 3 is 0.864 bits per heavy atom. The van der Waals surface area contributed by atoms with Crippen molar-refractivity contribution in [3.8, 4) is 23.0 Å². The van der Waals surface area contributed by atoms with E-state index in [9.17, 15) is 57.5 Å². The summed E-state index contributed by atoms with van der Waals surface area (Å²) in [5, 5.41) is 21.8. The van der Waals surface area contributed by atoms with Crippen LogP contribution in [-0.2, 0) is 93.9 Å². The molecule has 5 aromatic carbocycles. The van der Waals surface area contributed by atoms with Gasteiger partial charge in [0.25, 0.3) is 35.4 Å². The third kappa shape index (κ3) is 43.9. The van der Waals surface area contributed by atoms with Gasteiger partial charge < -0.3 is 122 Å². The standard InChI is InChI=1S/C59H71N7O15.C15H14N2O6.C13H32N4O4/c1-39(2)51(67)33-43-11-19-48(20-12-43)79-56(72)61-26-30-76-36-59(35-75-29-25-60-52(68)34-44-9-13-45(14-10-44)64-53(69)40(3)4,37-77-31-27-62-57(73)80-49-21-15-46(16-22-49)65-54(70)41(5)6)38-78-32-28-63-58(74)81-50-23-17-47(18-24-50)66-55(71)42(7)8;1-9(2)14(20)16-10-3-5-11(6-4-10)22-15(21)23-17-12(18)7-8-13(17)19;14-1-5-18-9-13(10-19-6-2-15,11-20-7-3-16)12-21-8-4-17/h9-24H,1,3,5,7,25-38H2,2,4,6,8H3,(H,60,68)(H,61,72)(H,62,73)(H,63,74)(H,64,69)(H,65,70)(H,66,71);3-6H,1,7-8H2,2H3,(H,16,20);1-12,14-17H2. The van der Waals surface area contributed by atoms with Gasteiger partial charge in [0.1, 0.15) is 23.0 Å². The van der Waals surface area contributed by atoms with E-state index in [1.165, 1.54) is 48.5 Å². The second kappa shape index (κ2) is 58.6. The Bertz CT molecular complexity index is 3910. The summed E-state index contributed by atoms with van der Waals surface area (Å²) in [4.78, 5) is 149. The number of hydroxylamine groups is 2. The number of ketones is 1. The van der Waals surface area contributed by atoms with Gasteiger partial charge >= 0.3 is 24.4 Å². The maximum Gasteiger partial charge on any atom is 0.539 e. The van der Waals surface area contributed by atoms with Gasteiger partial charge in [0.15, 0.2) is 5.78 Å². The van der Waals surface area contributed by atoms with Gasteiger partial charge in [0.2, 0.25) is 5.91 Å². The molecule has 1 heterocycles. The first-order valence-electron chi connectivity index (χ1n) is 39.7. The zero-order valence-electron chi connectivity index (χ0n) is 71.3. The molecule has 1 saturated heterocycles. The predicted octanol–water partition coefficient (Wildman–Crippen LogP) is 6.65. The number of carbonyl (C=O) groups excluding carboxylic acids is 12. The van der Waals surface area contributed by atoms with Crippen LogP contribution in [0.1, 0.15) is 58.6 Å². The number of nitrogens with two attached hydrogens (primary N) is 4. The van der Waals surface area contributed by atoms with Crippen LogP contribution in [-0.4, -0.2) is 235 Å². The zero-order valence-corrected chi connectivity index (χ0v) is 71.3. The molecule has 38 heteroatoms. The number of nitrogens with one attached hydrogen (secondary N) is 8. The minimum absolute atomic E-state index is 0.000602. The van der Waals surface area contributed by atoms with Crippen LogP contribution in [0.2, 0.25) is 0 Å². The number of carbonyl (C=O) groups is 12. The molecule has 680 valence electrons. The van der Waals surface area contributed by atoms with Crippen molar-refractivity contribution >= 4 is 94.3 Å². The van der Waals surface area contributed by atoms with Crippen LogP contribution >= 0.6 is 0 Å². The molecule has 0 radical (unpaired) electrons. The van der Waals surface area contributed by atoms with Crippen molar-refractivity contribution in [3.05, 3.63) is 193 Å². The van der Waals surface area contributed by atoms with E-state index < -0.39 is 47.1 Å². The van der Waals surface area contributed by atoms with Crippen molar-refractivity contribution in [1.82, 2.24) is 26.3 Å². The summed E-state index contributed by atoms with van der Waals surface area (Å²) in [5.41, 5.74) is 25.6. The van der Waals surface area contributed by atoms with Crippen LogP contribution < -0.4 is 84.4 Å². The minimum Gasteiger partial charge on any atom is -0.410 e. The van der Waals surface area contributed by atoms with E-state index in [0.717, 1.165) is 5.56 Å². The van der Waals surface area contributed by atoms with Gasteiger partial charge in [-0.15, -0.1) is 0 Å². The second-order valence-electron chi connectivity index (χ2n) is 28.3. The second-order valence-corrected chi connectivity index (χ2v) is 28.3. The Labute approximate surface area is 726 Å². The number of nitrogens with zero attached hydrogens (tertiary/aromatic N) is 1. The third-order valence-corrected chi connectivity index (χ3v) is 16.7. The summed E-state index contributed by atoms with van der Waals surface area (Å²) in [6.45, 7) is 31.5. The zero-order chi connectivity index (χ0) is 92.0. The van der Waals surface area contributed by atoms with E-state index in [0.29, 0.717) is 140 Å². The molecular formula is C87H117N13O25. The Balaban J connectivity index is 0.000000598. The van der Waals surface area contributed by atoms with Crippen LogP contribution in [0.5, 0.6) is 23.0 Å². The first-order chi connectivity index (χ1) is 59.8. The summed E-state index contributed by atoms with van der Waals surface area (Å²) in [7, 11) is 0. The molecule has 1 aliphatic rings. The van der Waals surface area contributed by atoms with Crippen LogP contribution in [0.4, 0.5) is 41.9 Å². The molecule has 0 aliphatic carbocycles. The normalized spacial score (nSPS) is 11.5. The van der Waals surface area contributed by atoms with E-state index in [-0.39, 0.29) is 163 Å². The molecule has 0 bridgehead atoms. The van der Waals surface area contributed by atoms with Crippen LogP contribution in [0.25, 0.3) is 0 Å². The number of Topliss-reactive ketones (excluding diaryl/α,β-unsaturated/α-hetero) is 1. The van der Waals surface area contributed by atoms with Gasteiger partial charge in [-0.2, -0.15) is 0 Å². The highest BCUT2D eigenvalue weighted by Gasteiger charge is 2.36. The fraction of sp³-hybridized carbons (Fsp3) is 0.402. The molecule has 125 heavy (non-hydrogen) atoms. The van der Waals surface area contributed by atoms with Crippen molar-refractivity contribution < 1.29 is 119 Å². The highest BCUT2D eigenvalue weighted by Crippen LogP contribution is 2.25. The maximum absolute atomic E-state index is 12.9. The monoisotopic (exact) mass is 1740 g/mol. The molecule has 1 fully saturated rings. The molecule has 0 aromatic heterocycles. The number of benzene rings is 5. The van der Waals surface area contributed by atoms with E-state index in [4.69, 9.17) is 79.8 Å². The lowest BCUT2D eigenvalue weighted by Crippen LogP contribution is -2.44. The Morgan fingerprint density at radius 1 is 0.336 bits per heavy atom. The van der Waals surface area contributed by atoms with E-state index in [2.05, 4.69) is 80.3 Å². The quantitative estimate of drug-likeness (QED) is 0.00637. The van der Waals surface area contributed by atoms with Gasteiger partial charge in [-0.1, -0.05) is 62.2 Å². The van der Waals surface area contributed by atoms with Crippen molar-refractivity contribution in [1.29, 1.82) is 0 Å². The number of allylic oxidation sites excluding steroid dienone is 1.